The van der Waals surface area contributed by atoms with Crippen LogP contribution >= 0.6 is 34.9 Å². The maximum absolute atomic E-state index is 6.27. The van der Waals surface area contributed by atoms with Crippen LogP contribution in [0.2, 0.25) is 0 Å². The summed E-state index contributed by atoms with van der Waals surface area (Å²) in [6, 6.07) is 0. The van der Waals surface area contributed by atoms with Gasteiger partial charge in [-0.1, -0.05) is 0 Å². The Morgan fingerprint density at radius 2 is 2.00 bits per heavy atom. The Bertz CT molecular complexity index is 647. The fourth-order valence-electron chi connectivity index (χ4n) is 2.98. The standard InChI is InChI=1S/C14H17N3S3/c15-12-11-8-3-1-2-4-9(8)20-14(11)17-13(16-12)10-7-18-5-6-19-10/h10H,1-7H2,(H2,15,16,17). The van der Waals surface area contributed by atoms with Crippen LogP contribution in [0.5, 0.6) is 0 Å². The summed E-state index contributed by atoms with van der Waals surface area (Å²) in [6.45, 7) is 0. The molecule has 2 N–H and O–H groups in total. The van der Waals surface area contributed by atoms with E-state index < -0.39 is 0 Å². The molecule has 2 aliphatic rings. The number of anilines is 1. The molecule has 0 radical (unpaired) electrons. The third-order valence-corrected chi connectivity index (χ3v) is 7.90. The molecular formula is C14H17N3S3. The van der Waals surface area contributed by atoms with E-state index in [1.54, 1.807) is 0 Å². The fraction of sp³-hybridized carbons (Fsp3) is 0.571. The number of nitrogen functional groups attached to an aromatic ring is 1. The number of rotatable bonds is 1. The number of fused-ring (bicyclic) bond motifs is 3. The lowest BCUT2D eigenvalue weighted by Gasteiger charge is -2.19. The molecule has 1 aliphatic carbocycles. The first kappa shape index (κ1) is 13.2. The predicted molar refractivity (Wildman–Crippen MR) is 91.0 cm³/mol. The van der Waals surface area contributed by atoms with Crippen molar-refractivity contribution in [2.45, 2.75) is 30.9 Å². The van der Waals surface area contributed by atoms with E-state index in [4.69, 9.17) is 10.7 Å². The smallest absolute Gasteiger partial charge is 0.146 e. The van der Waals surface area contributed by atoms with Crippen molar-refractivity contribution in [3.63, 3.8) is 0 Å². The molecule has 3 nitrogen and oxygen atoms in total. The molecule has 3 heterocycles. The number of thiophene rings is 1. The Balaban J connectivity index is 1.81. The summed E-state index contributed by atoms with van der Waals surface area (Å²) < 4.78 is 0. The topological polar surface area (TPSA) is 51.8 Å². The van der Waals surface area contributed by atoms with E-state index in [1.807, 2.05) is 34.9 Å². The molecule has 0 bridgehead atoms. The van der Waals surface area contributed by atoms with Gasteiger partial charge in [0.25, 0.3) is 0 Å². The third kappa shape index (κ3) is 2.22. The van der Waals surface area contributed by atoms with E-state index >= 15 is 0 Å². The van der Waals surface area contributed by atoms with Crippen molar-refractivity contribution in [2.24, 2.45) is 0 Å². The number of nitrogens with zero attached hydrogens (tertiary/aromatic N) is 2. The van der Waals surface area contributed by atoms with Crippen molar-refractivity contribution in [1.29, 1.82) is 0 Å². The highest BCUT2D eigenvalue weighted by Gasteiger charge is 2.24. The van der Waals surface area contributed by atoms with Crippen molar-refractivity contribution in [3.05, 3.63) is 16.3 Å². The lowest BCUT2D eigenvalue weighted by atomic mass is 9.97. The number of hydrogen-bond acceptors (Lipinski definition) is 6. The van der Waals surface area contributed by atoms with Crippen molar-refractivity contribution >= 4 is 50.9 Å². The second-order valence-electron chi connectivity index (χ2n) is 5.29. The van der Waals surface area contributed by atoms with Crippen LogP contribution in [0.1, 0.15) is 34.4 Å². The molecule has 1 atom stereocenters. The molecule has 2 aromatic heterocycles. The van der Waals surface area contributed by atoms with Gasteiger partial charge < -0.3 is 5.73 Å². The minimum absolute atomic E-state index is 0.416. The van der Waals surface area contributed by atoms with Crippen LogP contribution in [0.25, 0.3) is 10.2 Å². The lowest BCUT2D eigenvalue weighted by molar-refractivity contribution is 0.700. The maximum atomic E-state index is 6.27. The van der Waals surface area contributed by atoms with Crippen LogP contribution in [-0.4, -0.2) is 27.2 Å². The van der Waals surface area contributed by atoms with Gasteiger partial charge in [-0.2, -0.15) is 11.8 Å². The number of thioether (sulfide) groups is 2. The molecule has 0 aromatic carbocycles. The molecule has 20 heavy (non-hydrogen) atoms. The fourth-order valence-corrected chi connectivity index (χ4v) is 6.86. The van der Waals surface area contributed by atoms with Crippen LogP contribution in [0, 0.1) is 0 Å². The zero-order chi connectivity index (χ0) is 13.5. The average Bonchev–Trinajstić information content (AvgIpc) is 2.87. The molecular weight excluding hydrogens is 306 g/mol. The molecule has 1 aliphatic heterocycles. The van der Waals surface area contributed by atoms with Crippen molar-refractivity contribution in [2.75, 3.05) is 23.0 Å². The second kappa shape index (κ2) is 5.39. The van der Waals surface area contributed by atoms with Gasteiger partial charge in [0.15, 0.2) is 0 Å². The van der Waals surface area contributed by atoms with Crippen molar-refractivity contribution < 1.29 is 0 Å². The van der Waals surface area contributed by atoms with Crippen LogP contribution in [0.3, 0.4) is 0 Å². The molecule has 0 amide bonds. The summed E-state index contributed by atoms with van der Waals surface area (Å²) in [7, 11) is 0. The van der Waals surface area contributed by atoms with Gasteiger partial charge in [-0.05, 0) is 31.2 Å². The first-order valence-electron chi connectivity index (χ1n) is 7.10. The highest BCUT2D eigenvalue weighted by molar-refractivity contribution is 8.06. The van der Waals surface area contributed by atoms with Gasteiger partial charge in [0.1, 0.15) is 16.5 Å². The zero-order valence-electron chi connectivity index (χ0n) is 11.2. The van der Waals surface area contributed by atoms with E-state index in [9.17, 15) is 0 Å². The van der Waals surface area contributed by atoms with Crippen LogP contribution in [0.15, 0.2) is 0 Å². The van der Waals surface area contributed by atoms with Crippen LogP contribution < -0.4 is 5.73 Å². The van der Waals surface area contributed by atoms with Gasteiger partial charge in [-0.3, -0.25) is 0 Å². The number of aryl methyl sites for hydroxylation is 2. The maximum Gasteiger partial charge on any atom is 0.146 e. The molecule has 1 unspecified atom stereocenters. The summed E-state index contributed by atoms with van der Waals surface area (Å²) in [5.41, 5.74) is 7.71. The van der Waals surface area contributed by atoms with Gasteiger partial charge in [-0.25, -0.2) is 9.97 Å². The Morgan fingerprint density at radius 3 is 2.85 bits per heavy atom. The molecule has 1 fully saturated rings. The minimum atomic E-state index is 0.416. The predicted octanol–water partition coefficient (Wildman–Crippen LogP) is 3.67. The first-order chi connectivity index (χ1) is 9.83. The molecule has 4 rings (SSSR count). The van der Waals surface area contributed by atoms with Gasteiger partial charge in [0.2, 0.25) is 0 Å². The minimum Gasteiger partial charge on any atom is -0.383 e. The van der Waals surface area contributed by atoms with E-state index in [-0.39, 0.29) is 0 Å². The van der Waals surface area contributed by atoms with E-state index in [1.165, 1.54) is 41.2 Å². The summed E-state index contributed by atoms with van der Waals surface area (Å²) in [5, 5.41) is 1.57. The number of hydrogen-bond donors (Lipinski definition) is 1. The molecule has 2 aromatic rings. The SMILES string of the molecule is Nc1nc(C2CSCCS2)nc2sc3c(c12)CCCC3. The zero-order valence-corrected chi connectivity index (χ0v) is 13.7. The monoisotopic (exact) mass is 323 g/mol. The summed E-state index contributed by atoms with van der Waals surface area (Å²) >= 11 is 5.81. The van der Waals surface area contributed by atoms with Crippen LogP contribution in [0.4, 0.5) is 5.82 Å². The average molecular weight is 324 g/mol. The van der Waals surface area contributed by atoms with Crippen molar-refractivity contribution in [1.82, 2.24) is 9.97 Å². The first-order valence-corrected chi connectivity index (χ1v) is 10.1. The van der Waals surface area contributed by atoms with Gasteiger partial charge in [0, 0.05) is 22.1 Å². The molecule has 106 valence electrons. The van der Waals surface area contributed by atoms with E-state index in [2.05, 4.69) is 4.98 Å². The van der Waals surface area contributed by atoms with Gasteiger partial charge in [0.05, 0.1) is 10.6 Å². The highest BCUT2D eigenvalue weighted by atomic mass is 32.2. The normalized spacial score (nSPS) is 22.9. The largest absolute Gasteiger partial charge is 0.383 e. The Hall–Kier alpha value is -0.460. The number of aromatic nitrogens is 2. The molecule has 0 spiro atoms. The second-order valence-corrected chi connectivity index (χ2v) is 8.84. The quantitative estimate of drug-likeness (QED) is 0.867. The Morgan fingerprint density at radius 1 is 1.10 bits per heavy atom. The lowest BCUT2D eigenvalue weighted by Crippen LogP contribution is -2.11. The van der Waals surface area contributed by atoms with Gasteiger partial charge in [-0.15, -0.1) is 23.1 Å². The summed E-state index contributed by atoms with van der Waals surface area (Å²) in [6.07, 6.45) is 4.92. The molecule has 1 saturated heterocycles. The summed E-state index contributed by atoms with van der Waals surface area (Å²) in [5.74, 6) is 5.20. The summed E-state index contributed by atoms with van der Waals surface area (Å²) in [4.78, 5) is 12.1. The highest BCUT2D eigenvalue weighted by Crippen LogP contribution is 2.40. The van der Waals surface area contributed by atoms with E-state index in [0.29, 0.717) is 11.1 Å². The Labute approximate surface area is 131 Å². The number of nitrogens with two attached hydrogens (primary N) is 1. The van der Waals surface area contributed by atoms with Crippen LogP contribution in [-0.2, 0) is 12.8 Å². The van der Waals surface area contributed by atoms with E-state index in [0.717, 1.165) is 28.2 Å². The van der Waals surface area contributed by atoms with Crippen molar-refractivity contribution in [3.8, 4) is 0 Å². The van der Waals surface area contributed by atoms with Gasteiger partial charge >= 0.3 is 0 Å². The molecule has 0 saturated carbocycles. The third-order valence-electron chi connectivity index (χ3n) is 3.96. The molecule has 6 heteroatoms. The Kier molecular flexibility index (Phi) is 3.56.